The molecule has 2 aromatic rings. The number of carbonyl (C=O) groups is 2. The standard InChI is InChI=1S/C14H14ClNO4/c1-7(2)20-12(17)6-11-13(14(18)19)9-4-3-8(15)5-10(9)16-11/h3-5,7,16H,6H2,1-2H3,(H,18,19). The van der Waals surface area contributed by atoms with Crippen LogP contribution in [0.25, 0.3) is 10.9 Å². The molecule has 20 heavy (non-hydrogen) atoms. The van der Waals surface area contributed by atoms with Crippen molar-refractivity contribution in [3.63, 3.8) is 0 Å². The molecule has 5 nitrogen and oxygen atoms in total. The Morgan fingerprint density at radius 2 is 2.10 bits per heavy atom. The van der Waals surface area contributed by atoms with Crippen LogP contribution in [0.5, 0.6) is 0 Å². The molecule has 0 radical (unpaired) electrons. The third-order valence-electron chi connectivity index (χ3n) is 2.74. The fourth-order valence-electron chi connectivity index (χ4n) is 2.05. The van der Waals surface area contributed by atoms with Crippen LogP contribution in [0.4, 0.5) is 0 Å². The number of benzene rings is 1. The Hall–Kier alpha value is -2.01. The first-order valence-electron chi connectivity index (χ1n) is 6.11. The van der Waals surface area contributed by atoms with E-state index in [0.29, 0.717) is 21.6 Å². The highest BCUT2D eigenvalue weighted by molar-refractivity contribution is 6.31. The van der Waals surface area contributed by atoms with Crippen molar-refractivity contribution in [3.05, 3.63) is 34.5 Å². The maximum atomic E-state index is 11.7. The molecule has 2 N–H and O–H groups in total. The number of carboxylic acids is 1. The summed E-state index contributed by atoms with van der Waals surface area (Å²) >= 11 is 5.88. The van der Waals surface area contributed by atoms with E-state index in [-0.39, 0.29) is 18.1 Å². The normalized spacial score (nSPS) is 11.0. The molecule has 1 heterocycles. The molecule has 0 saturated heterocycles. The molecule has 2 rings (SSSR count). The average Bonchev–Trinajstić information content (AvgIpc) is 2.64. The minimum atomic E-state index is -1.09. The molecule has 106 valence electrons. The Kier molecular flexibility index (Phi) is 3.99. The number of H-pyrrole nitrogens is 1. The molecule has 0 aliphatic carbocycles. The first kappa shape index (κ1) is 14.4. The molecule has 6 heteroatoms. The van der Waals surface area contributed by atoms with Gasteiger partial charge in [-0.1, -0.05) is 17.7 Å². The van der Waals surface area contributed by atoms with Crippen LogP contribution in [0.3, 0.4) is 0 Å². The number of halogens is 1. The van der Waals surface area contributed by atoms with Crippen molar-refractivity contribution in [2.24, 2.45) is 0 Å². The second kappa shape index (κ2) is 5.54. The van der Waals surface area contributed by atoms with Gasteiger partial charge in [0.25, 0.3) is 0 Å². The van der Waals surface area contributed by atoms with Crippen molar-refractivity contribution in [2.75, 3.05) is 0 Å². The third kappa shape index (κ3) is 2.93. The largest absolute Gasteiger partial charge is 0.478 e. The molecule has 0 saturated carbocycles. The zero-order valence-corrected chi connectivity index (χ0v) is 11.8. The molecular weight excluding hydrogens is 282 g/mol. The van der Waals surface area contributed by atoms with Gasteiger partial charge in [0, 0.05) is 21.6 Å². The van der Waals surface area contributed by atoms with E-state index in [1.807, 2.05) is 0 Å². The maximum Gasteiger partial charge on any atom is 0.338 e. The molecule has 0 aliphatic rings. The number of rotatable bonds is 4. The van der Waals surface area contributed by atoms with Gasteiger partial charge >= 0.3 is 11.9 Å². The first-order valence-corrected chi connectivity index (χ1v) is 6.49. The minimum Gasteiger partial charge on any atom is -0.478 e. The second-order valence-electron chi connectivity index (χ2n) is 4.69. The zero-order chi connectivity index (χ0) is 14.9. The highest BCUT2D eigenvalue weighted by Crippen LogP contribution is 2.26. The minimum absolute atomic E-state index is 0.0809. The number of fused-ring (bicyclic) bond motifs is 1. The summed E-state index contributed by atoms with van der Waals surface area (Å²) in [7, 11) is 0. The predicted molar refractivity (Wildman–Crippen MR) is 75.2 cm³/mol. The molecule has 0 spiro atoms. The van der Waals surface area contributed by atoms with Crippen LogP contribution in [0, 0.1) is 0 Å². The van der Waals surface area contributed by atoms with E-state index in [1.54, 1.807) is 32.0 Å². The van der Waals surface area contributed by atoms with E-state index in [9.17, 15) is 14.7 Å². The molecule has 1 aromatic heterocycles. The van der Waals surface area contributed by atoms with Gasteiger partial charge in [-0.25, -0.2) is 4.79 Å². The van der Waals surface area contributed by atoms with E-state index in [0.717, 1.165) is 0 Å². The Balaban J connectivity index is 2.44. The Labute approximate surface area is 120 Å². The van der Waals surface area contributed by atoms with Crippen LogP contribution in [-0.2, 0) is 16.0 Å². The number of aromatic nitrogens is 1. The number of esters is 1. The number of hydrogen-bond donors (Lipinski definition) is 2. The van der Waals surface area contributed by atoms with Gasteiger partial charge in [0.2, 0.25) is 0 Å². The summed E-state index contributed by atoms with van der Waals surface area (Å²) in [6.45, 7) is 3.47. The summed E-state index contributed by atoms with van der Waals surface area (Å²) in [4.78, 5) is 26.0. The second-order valence-corrected chi connectivity index (χ2v) is 5.13. The number of aromatic amines is 1. The first-order chi connectivity index (χ1) is 9.38. The lowest BCUT2D eigenvalue weighted by molar-refractivity contribution is -0.146. The number of hydrogen-bond acceptors (Lipinski definition) is 3. The van der Waals surface area contributed by atoms with Crippen LogP contribution in [-0.4, -0.2) is 28.1 Å². The highest BCUT2D eigenvalue weighted by atomic mass is 35.5. The van der Waals surface area contributed by atoms with Crippen molar-refractivity contribution in [3.8, 4) is 0 Å². The summed E-state index contributed by atoms with van der Waals surface area (Å²) in [5, 5.41) is 10.3. The molecular formula is C14H14ClNO4. The highest BCUT2D eigenvalue weighted by Gasteiger charge is 2.20. The Bertz CT molecular complexity index is 675. The van der Waals surface area contributed by atoms with Gasteiger partial charge in [-0.3, -0.25) is 4.79 Å². The van der Waals surface area contributed by atoms with Gasteiger partial charge < -0.3 is 14.8 Å². The van der Waals surface area contributed by atoms with E-state index < -0.39 is 11.9 Å². The number of aromatic carboxylic acids is 1. The van der Waals surface area contributed by atoms with E-state index in [2.05, 4.69) is 4.98 Å². The SMILES string of the molecule is CC(C)OC(=O)Cc1[nH]c2cc(Cl)ccc2c1C(=O)O. The van der Waals surface area contributed by atoms with Gasteiger partial charge in [0.15, 0.2) is 0 Å². The number of ether oxygens (including phenoxy) is 1. The number of carboxylic acid groups (broad SMARTS) is 1. The Morgan fingerprint density at radius 3 is 2.70 bits per heavy atom. The van der Waals surface area contributed by atoms with Crippen LogP contribution in [0.15, 0.2) is 18.2 Å². The van der Waals surface area contributed by atoms with Crippen LogP contribution < -0.4 is 0 Å². The van der Waals surface area contributed by atoms with Crippen molar-refractivity contribution in [1.29, 1.82) is 0 Å². The summed E-state index contributed by atoms with van der Waals surface area (Å²) in [5.74, 6) is -1.56. The van der Waals surface area contributed by atoms with Crippen LogP contribution in [0.1, 0.15) is 29.9 Å². The fourth-order valence-corrected chi connectivity index (χ4v) is 2.22. The summed E-state index contributed by atoms with van der Waals surface area (Å²) < 4.78 is 5.03. The van der Waals surface area contributed by atoms with Gasteiger partial charge in [-0.05, 0) is 26.0 Å². The molecule has 0 bridgehead atoms. The smallest absolute Gasteiger partial charge is 0.338 e. The lowest BCUT2D eigenvalue weighted by Crippen LogP contribution is -2.15. The molecule has 0 atom stereocenters. The zero-order valence-electron chi connectivity index (χ0n) is 11.1. The third-order valence-corrected chi connectivity index (χ3v) is 2.98. The van der Waals surface area contributed by atoms with E-state index in [1.165, 1.54) is 0 Å². The van der Waals surface area contributed by atoms with Gasteiger partial charge in [0.05, 0.1) is 18.1 Å². The fraction of sp³-hybridized carbons (Fsp3) is 0.286. The lowest BCUT2D eigenvalue weighted by Gasteiger charge is -2.07. The van der Waals surface area contributed by atoms with Crippen molar-refractivity contribution in [1.82, 2.24) is 4.98 Å². The molecule has 0 fully saturated rings. The quantitative estimate of drug-likeness (QED) is 0.850. The van der Waals surface area contributed by atoms with Gasteiger partial charge in [-0.15, -0.1) is 0 Å². The van der Waals surface area contributed by atoms with Gasteiger partial charge in [0.1, 0.15) is 0 Å². The van der Waals surface area contributed by atoms with Gasteiger partial charge in [-0.2, -0.15) is 0 Å². The number of nitrogens with one attached hydrogen (secondary N) is 1. The maximum absolute atomic E-state index is 11.7. The van der Waals surface area contributed by atoms with E-state index in [4.69, 9.17) is 16.3 Å². The molecule has 0 amide bonds. The van der Waals surface area contributed by atoms with E-state index >= 15 is 0 Å². The van der Waals surface area contributed by atoms with Crippen molar-refractivity contribution >= 4 is 34.4 Å². The topological polar surface area (TPSA) is 79.4 Å². The monoisotopic (exact) mass is 295 g/mol. The predicted octanol–water partition coefficient (Wildman–Crippen LogP) is 3.01. The van der Waals surface area contributed by atoms with Crippen molar-refractivity contribution in [2.45, 2.75) is 26.4 Å². The molecule has 1 aromatic carbocycles. The van der Waals surface area contributed by atoms with Crippen LogP contribution >= 0.6 is 11.6 Å². The summed E-state index contributed by atoms with van der Waals surface area (Å²) in [6.07, 6.45) is -0.360. The summed E-state index contributed by atoms with van der Waals surface area (Å²) in [5.41, 5.74) is 0.986. The van der Waals surface area contributed by atoms with Crippen LogP contribution in [0.2, 0.25) is 5.02 Å². The molecule has 0 aliphatic heterocycles. The number of carbonyl (C=O) groups excluding carboxylic acids is 1. The lowest BCUT2D eigenvalue weighted by atomic mass is 10.1. The summed E-state index contributed by atoms with van der Waals surface area (Å²) in [6, 6.07) is 4.86. The Morgan fingerprint density at radius 1 is 1.40 bits per heavy atom. The van der Waals surface area contributed by atoms with Crippen molar-refractivity contribution < 1.29 is 19.4 Å². The molecule has 0 unspecified atom stereocenters. The average molecular weight is 296 g/mol.